The lowest BCUT2D eigenvalue weighted by atomic mass is 10.1. The Morgan fingerprint density at radius 2 is 1.81 bits per heavy atom. The van der Waals surface area contributed by atoms with Crippen LogP contribution in [0.1, 0.15) is 10.4 Å². The molecule has 2 N–H and O–H groups in total. The molecule has 0 unspecified atom stereocenters. The first kappa shape index (κ1) is 13.1. The zero-order valence-corrected chi connectivity index (χ0v) is 11.6. The van der Waals surface area contributed by atoms with E-state index in [1.165, 1.54) is 0 Å². The minimum atomic E-state index is -0.177. The highest BCUT2D eigenvalue weighted by Crippen LogP contribution is 2.24. The number of anilines is 2. The van der Waals surface area contributed by atoms with Gasteiger partial charge in [0.25, 0.3) is 5.91 Å². The standard InChI is InChI=1S/C17H15N3O/c1-18-16-14(9-5-11-19-16)17(21)20-15-10-4-7-12-6-2-3-8-13(12)15/h2-11H,1H3,(H,18,19)(H,20,21). The quantitative estimate of drug-likeness (QED) is 0.770. The van der Waals surface area contributed by atoms with Crippen molar-refractivity contribution < 1.29 is 4.79 Å². The van der Waals surface area contributed by atoms with Crippen LogP contribution < -0.4 is 10.6 Å². The predicted molar refractivity (Wildman–Crippen MR) is 85.7 cm³/mol. The molecule has 0 aliphatic heterocycles. The first-order chi connectivity index (χ1) is 10.3. The van der Waals surface area contributed by atoms with Gasteiger partial charge in [-0.1, -0.05) is 36.4 Å². The highest BCUT2D eigenvalue weighted by Gasteiger charge is 2.12. The van der Waals surface area contributed by atoms with Crippen LogP contribution in [0.25, 0.3) is 10.8 Å². The van der Waals surface area contributed by atoms with Gasteiger partial charge in [-0.3, -0.25) is 4.79 Å². The summed E-state index contributed by atoms with van der Waals surface area (Å²) in [5, 5.41) is 7.99. The van der Waals surface area contributed by atoms with Gasteiger partial charge in [0, 0.05) is 24.3 Å². The second-order valence-corrected chi connectivity index (χ2v) is 4.63. The summed E-state index contributed by atoms with van der Waals surface area (Å²) in [6, 6.07) is 17.3. The molecule has 0 bridgehead atoms. The molecule has 0 fully saturated rings. The normalized spacial score (nSPS) is 10.3. The molecule has 0 aliphatic carbocycles. The minimum absolute atomic E-state index is 0.177. The van der Waals surface area contributed by atoms with Crippen LogP contribution >= 0.6 is 0 Å². The smallest absolute Gasteiger partial charge is 0.259 e. The van der Waals surface area contributed by atoms with Crippen molar-refractivity contribution in [3.63, 3.8) is 0 Å². The number of benzene rings is 2. The Balaban J connectivity index is 1.97. The van der Waals surface area contributed by atoms with Gasteiger partial charge in [0.2, 0.25) is 0 Å². The molecule has 104 valence electrons. The fourth-order valence-corrected chi connectivity index (χ4v) is 2.31. The Morgan fingerprint density at radius 1 is 1.00 bits per heavy atom. The zero-order chi connectivity index (χ0) is 14.7. The van der Waals surface area contributed by atoms with Crippen LogP contribution in [0.2, 0.25) is 0 Å². The summed E-state index contributed by atoms with van der Waals surface area (Å²) in [7, 11) is 1.75. The predicted octanol–water partition coefficient (Wildman–Crippen LogP) is 3.53. The van der Waals surface area contributed by atoms with Crippen LogP contribution in [0.5, 0.6) is 0 Å². The summed E-state index contributed by atoms with van der Waals surface area (Å²) in [6.07, 6.45) is 1.65. The SMILES string of the molecule is CNc1ncccc1C(=O)Nc1cccc2ccccc12. The van der Waals surface area contributed by atoms with Gasteiger partial charge < -0.3 is 10.6 Å². The van der Waals surface area contributed by atoms with Gasteiger partial charge in [0.05, 0.1) is 5.56 Å². The topological polar surface area (TPSA) is 54.0 Å². The molecule has 0 radical (unpaired) electrons. The molecule has 0 saturated heterocycles. The van der Waals surface area contributed by atoms with E-state index in [2.05, 4.69) is 15.6 Å². The number of rotatable bonds is 3. The number of amides is 1. The maximum Gasteiger partial charge on any atom is 0.259 e. The van der Waals surface area contributed by atoms with E-state index in [4.69, 9.17) is 0 Å². The summed E-state index contributed by atoms with van der Waals surface area (Å²) >= 11 is 0. The van der Waals surface area contributed by atoms with Crippen molar-refractivity contribution in [1.29, 1.82) is 0 Å². The van der Waals surface area contributed by atoms with Crippen LogP contribution in [-0.2, 0) is 0 Å². The lowest BCUT2D eigenvalue weighted by Crippen LogP contribution is -2.14. The lowest BCUT2D eigenvalue weighted by molar-refractivity contribution is 0.102. The molecule has 1 aromatic heterocycles. The third-order valence-electron chi connectivity index (χ3n) is 3.33. The van der Waals surface area contributed by atoms with E-state index in [9.17, 15) is 4.79 Å². The van der Waals surface area contributed by atoms with E-state index in [0.717, 1.165) is 16.5 Å². The van der Waals surface area contributed by atoms with Gasteiger partial charge >= 0.3 is 0 Å². The monoisotopic (exact) mass is 277 g/mol. The molecule has 0 spiro atoms. The largest absolute Gasteiger partial charge is 0.372 e. The number of nitrogens with one attached hydrogen (secondary N) is 2. The fraction of sp³-hybridized carbons (Fsp3) is 0.0588. The van der Waals surface area contributed by atoms with Crippen LogP contribution in [-0.4, -0.2) is 17.9 Å². The number of hydrogen-bond acceptors (Lipinski definition) is 3. The zero-order valence-electron chi connectivity index (χ0n) is 11.6. The van der Waals surface area contributed by atoms with E-state index in [1.54, 1.807) is 25.4 Å². The summed E-state index contributed by atoms with van der Waals surface area (Å²) in [4.78, 5) is 16.6. The van der Waals surface area contributed by atoms with Crippen molar-refractivity contribution in [3.8, 4) is 0 Å². The van der Waals surface area contributed by atoms with Gasteiger partial charge in [-0.05, 0) is 23.6 Å². The molecule has 0 aliphatic rings. The Kier molecular flexibility index (Phi) is 3.51. The summed E-state index contributed by atoms with van der Waals surface area (Å²) in [5.74, 6) is 0.388. The minimum Gasteiger partial charge on any atom is -0.372 e. The number of aromatic nitrogens is 1. The molecule has 2 aromatic carbocycles. The lowest BCUT2D eigenvalue weighted by Gasteiger charge is -2.10. The number of nitrogens with zero attached hydrogens (tertiary/aromatic N) is 1. The molecule has 0 saturated carbocycles. The Morgan fingerprint density at radius 3 is 2.67 bits per heavy atom. The maximum absolute atomic E-state index is 12.4. The third kappa shape index (κ3) is 2.56. The van der Waals surface area contributed by atoms with Crippen molar-refractivity contribution in [3.05, 3.63) is 66.4 Å². The third-order valence-corrected chi connectivity index (χ3v) is 3.33. The summed E-state index contributed by atoms with van der Waals surface area (Å²) in [6.45, 7) is 0. The Bertz CT molecular complexity index is 793. The molecule has 3 aromatic rings. The second kappa shape index (κ2) is 5.63. The molecule has 21 heavy (non-hydrogen) atoms. The molecule has 0 atom stereocenters. The van der Waals surface area contributed by atoms with Crippen molar-refractivity contribution in [2.75, 3.05) is 17.7 Å². The van der Waals surface area contributed by atoms with E-state index < -0.39 is 0 Å². The first-order valence-electron chi connectivity index (χ1n) is 6.71. The summed E-state index contributed by atoms with van der Waals surface area (Å²) < 4.78 is 0. The second-order valence-electron chi connectivity index (χ2n) is 4.63. The van der Waals surface area contributed by atoms with Gasteiger partial charge in [-0.2, -0.15) is 0 Å². The molecule has 4 nitrogen and oxygen atoms in total. The number of carbonyl (C=O) groups is 1. The van der Waals surface area contributed by atoms with E-state index in [0.29, 0.717) is 11.4 Å². The summed E-state index contributed by atoms with van der Waals surface area (Å²) in [5.41, 5.74) is 1.32. The van der Waals surface area contributed by atoms with E-state index >= 15 is 0 Å². The number of pyridine rings is 1. The van der Waals surface area contributed by atoms with Gasteiger partial charge in [0.15, 0.2) is 0 Å². The number of hydrogen-bond donors (Lipinski definition) is 2. The van der Waals surface area contributed by atoms with Crippen LogP contribution in [0.4, 0.5) is 11.5 Å². The molecule has 3 rings (SSSR count). The van der Waals surface area contributed by atoms with Gasteiger partial charge in [-0.15, -0.1) is 0 Å². The van der Waals surface area contributed by atoms with Gasteiger partial charge in [-0.25, -0.2) is 4.98 Å². The Hall–Kier alpha value is -2.88. The highest BCUT2D eigenvalue weighted by molar-refractivity contribution is 6.11. The van der Waals surface area contributed by atoms with Crippen LogP contribution in [0, 0.1) is 0 Å². The van der Waals surface area contributed by atoms with Crippen LogP contribution in [0.15, 0.2) is 60.8 Å². The first-order valence-corrected chi connectivity index (χ1v) is 6.71. The molecular formula is C17H15N3O. The number of carbonyl (C=O) groups excluding carboxylic acids is 1. The van der Waals surface area contributed by atoms with E-state index in [1.807, 2.05) is 42.5 Å². The van der Waals surface area contributed by atoms with Gasteiger partial charge in [0.1, 0.15) is 5.82 Å². The fourth-order valence-electron chi connectivity index (χ4n) is 2.31. The number of fused-ring (bicyclic) bond motifs is 1. The van der Waals surface area contributed by atoms with Crippen molar-refractivity contribution in [1.82, 2.24) is 4.98 Å². The van der Waals surface area contributed by atoms with Crippen molar-refractivity contribution in [2.45, 2.75) is 0 Å². The average molecular weight is 277 g/mol. The average Bonchev–Trinajstić information content (AvgIpc) is 2.55. The molecular weight excluding hydrogens is 262 g/mol. The van der Waals surface area contributed by atoms with Crippen molar-refractivity contribution in [2.24, 2.45) is 0 Å². The molecule has 1 amide bonds. The van der Waals surface area contributed by atoms with Crippen molar-refractivity contribution >= 4 is 28.2 Å². The van der Waals surface area contributed by atoms with Crippen LogP contribution in [0.3, 0.4) is 0 Å². The Labute approximate surface area is 122 Å². The maximum atomic E-state index is 12.4. The molecule has 1 heterocycles. The van der Waals surface area contributed by atoms with E-state index in [-0.39, 0.29) is 5.91 Å². The highest BCUT2D eigenvalue weighted by atomic mass is 16.1. The molecule has 4 heteroatoms.